The van der Waals surface area contributed by atoms with Gasteiger partial charge in [0.25, 0.3) is 5.56 Å². The molecular formula is C11H14IN3O2. The Morgan fingerprint density at radius 1 is 1.47 bits per heavy atom. The quantitative estimate of drug-likeness (QED) is 0.730. The van der Waals surface area contributed by atoms with Gasteiger partial charge in [0, 0.05) is 19.0 Å². The molecule has 6 heteroatoms. The summed E-state index contributed by atoms with van der Waals surface area (Å²) in [6.45, 7) is 1.73. The van der Waals surface area contributed by atoms with Crippen molar-refractivity contribution in [2.45, 2.75) is 18.9 Å². The molecule has 92 valence electrons. The summed E-state index contributed by atoms with van der Waals surface area (Å²) in [5.41, 5.74) is -0.0896. The highest BCUT2D eigenvalue weighted by molar-refractivity contribution is 14.1. The molecule has 2 N–H and O–H groups in total. The van der Waals surface area contributed by atoms with E-state index in [0.717, 1.165) is 31.7 Å². The largest absolute Gasteiger partial charge is 0.393 e. The number of hydrogen-bond donors (Lipinski definition) is 2. The van der Waals surface area contributed by atoms with Gasteiger partial charge in [0.05, 0.1) is 12.4 Å². The summed E-state index contributed by atoms with van der Waals surface area (Å²) in [6.07, 6.45) is 3.28. The van der Waals surface area contributed by atoms with Crippen molar-refractivity contribution in [1.82, 2.24) is 9.97 Å². The molecule has 0 bridgehead atoms. The van der Waals surface area contributed by atoms with Gasteiger partial charge in [-0.1, -0.05) is 0 Å². The van der Waals surface area contributed by atoms with Crippen molar-refractivity contribution in [2.75, 3.05) is 18.0 Å². The Morgan fingerprint density at radius 3 is 3.06 bits per heavy atom. The van der Waals surface area contributed by atoms with Crippen molar-refractivity contribution >= 4 is 28.4 Å². The average molecular weight is 347 g/mol. The molecule has 3 rings (SSSR count). The predicted octanol–water partition coefficient (Wildman–Crippen LogP) is 0.582. The minimum Gasteiger partial charge on any atom is -0.393 e. The summed E-state index contributed by atoms with van der Waals surface area (Å²) in [7, 11) is 0. The third-order valence-electron chi connectivity index (χ3n) is 3.90. The second kappa shape index (κ2) is 4.24. The predicted molar refractivity (Wildman–Crippen MR) is 72.0 cm³/mol. The highest BCUT2D eigenvalue weighted by Crippen LogP contribution is 2.39. The Hall–Kier alpha value is -0.630. The van der Waals surface area contributed by atoms with E-state index in [1.165, 1.54) is 6.33 Å². The van der Waals surface area contributed by atoms with E-state index < -0.39 is 0 Å². The van der Waals surface area contributed by atoms with Crippen LogP contribution in [0.15, 0.2) is 11.1 Å². The number of nitrogens with zero attached hydrogens (tertiary/aromatic N) is 2. The molecule has 1 saturated heterocycles. The zero-order valence-electron chi connectivity index (χ0n) is 9.27. The molecule has 3 unspecified atom stereocenters. The first-order valence-electron chi connectivity index (χ1n) is 5.83. The average Bonchev–Trinajstić information content (AvgIpc) is 2.85. The van der Waals surface area contributed by atoms with Gasteiger partial charge in [-0.25, -0.2) is 4.98 Å². The summed E-state index contributed by atoms with van der Waals surface area (Å²) >= 11 is 2.03. The molecule has 1 aromatic rings. The number of hydrogen-bond acceptors (Lipinski definition) is 4. The Morgan fingerprint density at radius 2 is 2.29 bits per heavy atom. The number of fused-ring (bicyclic) bond motifs is 1. The van der Waals surface area contributed by atoms with Gasteiger partial charge in [-0.05, 0) is 41.4 Å². The van der Waals surface area contributed by atoms with Crippen molar-refractivity contribution in [3.05, 3.63) is 20.3 Å². The minimum absolute atomic E-state index is 0.0896. The van der Waals surface area contributed by atoms with Crippen LogP contribution in [0.3, 0.4) is 0 Å². The number of rotatable bonds is 1. The molecule has 3 atom stereocenters. The zero-order chi connectivity index (χ0) is 12.0. The first kappa shape index (κ1) is 11.5. The molecule has 0 spiro atoms. The van der Waals surface area contributed by atoms with Crippen LogP contribution in [-0.4, -0.2) is 34.3 Å². The second-order valence-electron chi connectivity index (χ2n) is 4.84. The number of aliphatic hydroxyl groups excluding tert-OH is 1. The molecule has 1 aliphatic carbocycles. The standard InChI is InChI=1S/C11H14IN3O2/c12-9-10(13-5-14-11(9)17)15-3-6-1-2-8(16)7(6)4-15/h5-8,16H,1-4H2,(H,13,14,17). The van der Waals surface area contributed by atoms with E-state index in [-0.39, 0.29) is 11.7 Å². The Balaban J connectivity index is 1.88. The van der Waals surface area contributed by atoms with Gasteiger partial charge in [0.1, 0.15) is 9.39 Å². The fourth-order valence-electron chi connectivity index (χ4n) is 3.00. The van der Waals surface area contributed by atoms with Gasteiger partial charge < -0.3 is 15.0 Å². The molecule has 2 heterocycles. The molecule has 2 fully saturated rings. The maximum absolute atomic E-state index is 11.5. The van der Waals surface area contributed by atoms with E-state index in [0.29, 0.717) is 15.4 Å². The van der Waals surface area contributed by atoms with Crippen molar-refractivity contribution < 1.29 is 5.11 Å². The van der Waals surface area contributed by atoms with Gasteiger partial charge in [0.2, 0.25) is 0 Å². The van der Waals surface area contributed by atoms with Crippen molar-refractivity contribution in [1.29, 1.82) is 0 Å². The zero-order valence-corrected chi connectivity index (χ0v) is 11.4. The number of halogens is 1. The van der Waals surface area contributed by atoms with Crippen LogP contribution >= 0.6 is 22.6 Å². The molecule has 0 amide bonds. The molecule has 0 radical (unpaired) electrons. The molecule has 1 saturated carbocycles. The molecule has 0 aromatic carbocycles. The fraction of sp³-hybridized carbons (Fsp3) is 0.636. The maximum Gasteiger partial charge on any atom is 0.266 e. The lowest BCUT2D eigenvalue weighted by Crippen LogP contribution is -2.28. The van der Waals surface area contributed by atoms with Gasteiger partial charge >= 0.3 is 0 Å². The monoisotopic (exact) mass is 347 g/mol. The smallest absolute Gasteiger partial charge is 0.266 e. The van der Waals surface area contributed by atoms with E-state index in [9.17, 15) is 9.90 Å². The Kier molecular flexibility index (Phi) is 2.86. The molecule has 17 heavy (non-hydrogen) atoms. The number of aromatic amines is 1. The van der Waals surface area contributed by atoms with Crippen LogP contribution in [0.25, 0.3) is 0 Å². The lowest BCUT2D eigenvalue weighted by Gasteiger charge is -2.19. The maximum atomic E-state index is 11.5. The summed E-state index contributed by atoms with van der Waals surface area (Å²) in [4.78, 5) is 20.5. The van der Waals surface area contributed by atoms with Crippen molar-refractivity contribution in [3.63, 3.8) is 0 Å². The van der Waals surface area contributed by atoms with Crippen LogP contribution in [0.4, 0.5) is 5.82 Å². The highest BCUT2D eigenvalue weighted by atomic mass is 127. The first-order chi connectivity index (χ1) is 8.16. The molecule has 1 aromatic heterocycles. The van der Waals surface area contributed by atoms with E-state index in [2.05, 4.69) is 14.9 Å². The molecule has 1 aliphatic heterocycles. The molecule has 5 nitrogen and oxygen atoms in total. The van der Waals surface area contributed by atoms with E-state index in [1.54, 1.807) is 0 Å². The lowest BCUT2D eigenvalue weighted by molar-refractivity contribution is 0.133. The van der Waals surface area contributed by atoms with E-state index >= 15 is 0 Å². The Bertz CT molecular complexity index is 490. The number of anilines is 1. The summed E-state index contributed by atoms with van der Waals surface area (Å²) in [5.74, 6) is 1.67. The number of nitrogens with one attached hydrogen (secondary N) is 1. The summed E-state index contributed by atoms with van der Waals surface area (Å²) in [6, 6.07) is 0. The van der Waals surface area contributed by atoms with Gasteiger partial charge in [0.15, 0.2) is 0 Å². The third kappa shape index (κ3) is 1.87. The highest BCUT2D eigenvalue weighted by Gasteiger charge is 2.42. The second-order valence-corrected chi connectivity index (χ2v) is 5.92. The molecule has 2 aliphatic rings. The topological polar surface area (TPSA) is 69.2 Å². The molecular weight excluding hydrogens is 333 g/mol. The minimum atomic E-state index is -0.176. The van der Waals surface area contributed by atoms with Crippen LogP contribution in [0.2, 0.25) is 0 Å². The van der Waals surface area contributed by atoms with Crippen LogP contribution < -0.4 is 10.5 Å². The van der Waals surface area contributed by atoms with Crippen LogP contribution in [0, 0.1) is 15.4 Å². The van der Waals surface area contributed by atoms with E-state index in [4.69, 9.17) is 0 Å². The number of H-pyrrole nitrogens is 1. The summed E-state index contributed by atoms with van der Waals surface area (Å²) < 4.78 is 0.638. The number of aromatic nitrogens is 2. The number of aliphatic hydroxyl groups is 1. The van der Waals surface area contributed by atoms with Gasteiger partial charge in [-0.3, -0.25) is 4.79 Å². The normalized spacial score (nSPS) is 31.9. The van der Waals surface area contributed by atoms with Crippen molar-refractivity contribution in [2.24, 2.45) is 11.8 Å². The van der Waals surface area contributed by atoms with Crippen molar-refractivity contribution in [3.8, 4) is 0 Å². The first-order valence-corrected chi connectivity index (χ1v) is 6.91. The third-order valence-corrected chi connectivity index (χ3v) is 4.87. The van der Waals surface area contributed by atoms with Gasteiger partial charge in [-0.15, -0.1) is 0 Å². The summed E-state index contributed by atoms with van der Waals surface area (Å²) in [5, 5.41) is 9.87. The van der Waals surface area contributed by atoms with Crippen LogP contribution in [-0.2, 0) is 0 Å². The SMILES string of the molecule is O=c1[nH]cnc(N2CC3CCC(O)C3C2)c1I. The van der Waals surface area contributed by atoms with E-state index in [1.807, 2.05) is 22.6 Å². The Labute approximate surface area is 112 Å². The van der Waals surface area contributed by atoms with Crippen LogP contribution in [0.1, 0.15) is 12.8 Å². The fourth-order valence-corrected chi connectivity index (χ4v) is 3.64. The van der Waals surface area contributed by atoms with Gasteiger partial charge in [-0.2, -0.15) is 0 Å². The van der Waals surface area contributed by atoms with Crippen LogP contribution in [0.5, 0.6) is 0 Å². The lowest BCUT2D eigenvalue weighted by atomic mass is 10.00.